The van der Waals surface area contributed by atoms with Crippen LogP contribution in [0.2, 0.25) is 0 Å². The molecule has 0 spiro atoms. The number of hydrogen-bond donors (Lipinski definition) is 2. The summed E-state index contributed by atoms with van der Waals surface area (Å²) >= 11 is 0. The molecule has 1 aliphatic carbocycles. The minimum Gasteiger partial charge on any atom is -0.481 e. The highest BCUT2D eigenvalue weighted by Gasteiger charge is 2.31. The molecule has 2 atom stereocenters. The molecule has 0 aliphatic heterocycles. The quantitative estimate of drug-likeness (QED) is 0.822. The number of nitrogens with one attached hydrogen (secondary N) is 1. The molecule has 0 saturated heterocycles. The lowest BCUT2D eigenvalue weighted by molar-refractivity contribution is -0.140. The van der Waals surface area contributed by atoms with E-state index in [1.165, 1.54) is 12.2 Å². The Morgan fingerprint density at radius 2 is 1.76 bits per heavy atom. The Hall–Kier alpha value is -1.87. The lowest BCUT2D eigenvalue weighted by Gasteiger charge is -2.13. The SMILES string of the molecule is O=C(O)C1C=CC(NS(=O)(=O)c2c(F)cc(F)cc2F)C1. The van der Waals surface area contributed by atoms with E-state index in [2.05, 4.69) is 0 Å². The van der Waals surface area contributed by atoms with Crippen molar-refractivity contribution in [1.29, 1.82) is 0 Å². The number of carboxylic acids is 1. The molecule has 2 rings (SSSR count). The van der Waals surface area contributed by atoms with Gasteiger partial charge in [-0.05, 0) is 6.42 Å². The van der Waals surface area contributed by atoms with Crippen molar-refractivity contribution in [3.05, 3.63) is 41.7 Å². The first-order chi connectivity index (χ1) is 9.70. The fourth-order valence-corrected chi connectivity index (χ4v) is 3.34. The highest BCUT2D eigenvalue weighted by Crippen LogP contribution is 2.23. The van der Waals surface area contributed by atoms with Crippen LogP contribution in [0.1, 0.15) is 6.42 Å². The van der Waals surface area contributed by atoms with Crippen LogP contribution < -0.4 is 4.72 Å². The van der Waals surface area contributed by atoms with Crippen molar-refractivity contribution >= 4 is 16.0 Å². The van der Waals surface area contributed by atoms with E-state index < -0.39 is 50.3 Å². The van der Waals surface area contributed by atoms with Crippen molar-refractivity contribution in [2.45, 2.75) is 17.4 Å². The van der Waals surface area contributed by atoms with E-state index in [1.807, 2.05) is 4.72 Å². The zero-order valence-electron chi connectivity index (χ0n) is 10.4. The monoisotopic (exact) mass is 321 g/mol. The van der Waals surface area contributed by atoms with E-state index in [0.717, 1.165) is 0 Å². The Morgan fingerprint density at radius 1 is 1.19 bits per heavy atom. The van der Waals surface area contributed by atoms with Gasteiger partial charge >= 0.3 is 5.97 Å². The number of carbonyl (C=O) groups is 1. The first-order valence-corrected chi connectivity index (χ1v) is 7.27. The average molecular weight is 321 g/mol. The fourth-order valence-electron chi connectivity index (χ4n) is 2.01. The smallest absolute Gasteiger partial charge is 0.310 e. The van der Waals surface area contributed by atoms with Crippen molar-refractivity contribution in [3.63, 3.8) is 0 Å². The number of carboxylic acid groups (broad SMARTS) is 1. The molecule has 9 heteroatoms. The second-order valence-corrected chi connectivity index (χ2v) is 6.14. The highest BCUT2D eigenvalue weighted by molar-refractivity contribution is 7.89. The van der Waals surface area contributed by atoms with E-state index in [9.17, 15) is 26.4 Å². The van der Waals surface area contributed by atoms with Crippen LogP contribution in [-0.4, -0.2) is 25.5 Å². The van der Waals surface area contributed by atoms with Gasteiger partial charge in [0.25, 0.3) is 0 Å². The summed E-state index contributed by atoms with van der Waals surface area (Å²) in [7, 11) is -4.58. The average Bonchev–Trinajstić information content (AvgIpc) is 2.74. The van der Waals surface area contributed by atoms with Gasteiger partial charge < -0.3 is 5.11 Å². The van der Waals surface area contributed by atoms with Gasteiger partial charge in [0.2, 0.25) is 10.0 Å². The van der Waals surface area contributed by atoms with Gasteiger partial charge in [0, 0.05) is 18.2 Å². The molecular weight excluding hydrogens is 311 g/mol. The molecule has 0 bridgehead atoms. The first-order valence-electron chi connectivity index (χ1n) is 5.78. The predicted molar refractivity (Wildman–Crippen MR) is 65.3 cm³/mol. The lowest BCUT2D eigenvalue weighted by Crippen LogP contribution is -2.34. The molecule has 1 aromatic carbocycles. The van der Waals surface area contributed by atoms with E-state index in [1.54, 1.807) is 0 Å². The number of halogens is 3. The lowest BCUT2D eigenvalue weighted by atomic mass is 10.1. The highest BCUT2D eigenvalue weighted by atomic mass is 32.2. The first kappa shape index (κ1) is 15.5. The topological polar surface area (TPSA) is 83.5 Å². The molecule has 5 nitrogen and oxygen atoms in total. The third-order valence-electron chi connectivity index (χ3n) is 2.94. The molecule has 2 N–H and O–H groups in total. The minimum absolute atomic E-state index is 0.0704. The van der Waals surface area contributed by atoms with Crippen LogP contribution in [0.15, 0.2) is 29.2 Å². The molecule has 0 fully saturated rings. The number of aliphatic carboxylic acids is 1. The normalized spacial score (nSPS) is 21.7. The van der Waals surface area contributed by atoms with Crippen molar-refractivity contribution in [3.8, 4) is 0 Å². The van der Waals surface area contributed by atoms with Crippen LogP contribution in [0.25, 0.3) is 0 Å². The largest absolute Gasteiger partial charge is 0.481 e. The van der Waals surface area contributed by atoms with Crippen LogP contribution in [0.5, 0.6) is 0 Å². The van der Waals surface area contributed by atoms with Gasteiger partial charge in [-0.25, -0.2) is 26.3 Å². The van der Waals surface area contributed by atoms with Crippen molar-refractivity contribution < 1.29 is 31.5 Å². The molecule has 0 radical (unpaired) electrons. The van der Waals surface area contributed by atoms with Crippen LogP contribution in [0.3, 0.4) is 0 Å². The van der Waals surface area contributed by atoms with Crippen molar-refractivity contribution in [2.24, 2.45) is 5.92 Å². The van der Waals surface area contributed by atoms with E-state index in [4.69, 9.17) is 5.11 Å². The predicted octanol–water partition coefficient (Wildman–Crippen LogP) is 1.41. The maximum absolute atomic E-state index is 13.5. The molecule has 1 aliphatic rings. The summed E-state index contributed by atoms with van der Waals surface area (Å²) in [5.74, 6) is -6.36. The van der Waals surface area contributed by atoms with E-state index in [0.29, 0.717) is 0 Å². The van der Waals surface area contributed by atoms with Crippen molar-refractivity contribution in [1.82, 2.24) is 4.72 Å². The second kappa shape index (κ2) is 5.49. The van der Waals surface area contributed by atoms with E-state index in [-0.39, 0.29) is 18.6 Å². The van der Waals surface area contributed by atoms with Crippen LogP contribution >= 0.6 is 0 Å². The van der Waals surface area contributed by atoms with Gasteiger partial charge in [0.1, 0.15) is 17.5 Å². The molecule has 0 aromatic heterocycles. The summed E-state index contributed by atoms with van der Waals surface area (Å²) in [6.07, 6.45) is 2.50. The summed E-state index contributed by atoms with van der Waals surface area (Å²) < 4.78 is 65.5. The Labute approximate surface area is 118 Å². The summed E-state index contributed by atoms with van der Waals surface area (Å²) in [6, 6.07) is -0.398. The van der Waals surface area contributed by atoms with Gasteiger partial charge in [-0.1, -0.05) is 12.2 Å². The number of sulfonamides is 1. The zero-order chi connectivity index (χ0) is 15.8. The van der Waals surface area contributed by atoms with Gasteiger partial charge in [0.05, 0.1) is 5.92 Å². The van der Waals surface area contributed by atoms with Crippen LogP contribution in [0, 0.1) is 23.4 Å². The molecule has 114 valence electrons. The number of rotatable bonds is 4. The van der Waals surface area contributed by atoms with Crippen LogP contribution in [-0.2, 0) is 14.8 Å². The van der Waals surface area contributed by atoms with E-state index >= 15 is 0 Å². The van der Waals surface area contributed by atoms with Gasteiger partial charge in [0.15, 0.2) is 4.90 Å². The van der Waals surface area contributed by atoms with Gasteiger partial charge in [-0.2, -0.15) is 0 Å². The summed E-state index contributed by atoms with van der Waals surface area (Å²) in [5.41, 5.74) is 0. The molecular formula is C12H10F3NO4S. The maximum Gasteiger partial charge on any atom is 0.310 e. The molecule has 1 aromatic rings. The van der Waals surface area contributed by atoms with Gasteiger partial charge in [-0.15, -0.1) is 0 Å². The molecule has 2 unspecified atom stereocenters. The standard InChI is InChI=1S/C12H10F3NO4S/c13-7-4-9(14)11(10(15)5-7)21(19,20)16-8-2-1-6(3-8)12(17)18/h1-2,4-6,8,16H,3H2,(H,17,18). The Bertz CT molecular complexity index is 694. The number of hydrogen-bond acceptors (Lipinski definition) is 3. The third-order valence-corrected chi connectivity index (χ3v) is 4.48. The molecule has 21 heavy (non-hydrogen) atoms. The Balaban J connectivity index is 2.25. The molecule has 0 saturated carbocycles. The summed E-state index contributed by atoms with van der Waals surface area (Å²) in [4.78, 5) is 9.44. The Kier molecular flexibility index (Phi) is 4.06. The maximum atomic E-state index is 13.5. The summed E-state index contributed by atoms with van der Waals surface area (Å²) in [6.45, 7) is 0. The second-order valence-electron chi connectivity index (χ2n) is 4.49. The van der Waals surface area contributed by atoms with Gasteiger partial charge in [-0.3, -0.25) is 4.79 Å². The van der Waals surface area contributed by atoms with Crippen molar-refractivity contribution in [2.75, 3.05) is 0 Å². The Morgan fingerprint density at radius 3 is 2.24 bits per heavy atom. The zero-order valence-corrected chi connectivity index (χ0v) is 11.2. The molecule has 0 amide bonds. The number of benzene rings is 1. The van der Waals surface area contributed by atoms with Crippen LogP contribution in [0.4, 0.5) is 13.2 Å². The third kappa shape index (κ3) is 3.24. The fraction of sp³-hybridized carbons (Fsp3) is 0.250. The summed E-state index contributed by atoms with van der Waals surface area (Å²) in [5, 5.41) is 8.77. The molecule has 0 heterocycles. The minimum atomic E-state index is -4.58.